The molecule has 1 atom stereocenters. The molecule has 1 heterocycles. The number of ether oxygens (including phenoxy) is 1. The Morgan fingerprint density at radius 2 is 2.30 bits per heavy atom. The molecule has 0 aromatic heterocycles. The maximum absolute atomic E-state index is 10.8. The minimum absolute atomic E-state index is 0.0323. The lowest BCUT2D eigenvalue weighted by Crippen LogP contribution is -2.13. The first-order valence-corrected chi connectivity index (χ1v) is 3.68. The standard InChI is InChI=1S/C6H6O2S2/c1-3(7)4-2-5(9)8-6(4)10/h4H,2H2,1H3. The topological polar surface area (TPSA) is 26.3 Å². The zero-order valence-corrected chi connectivity index (χ0v) is 7.05. The quantitative estimate of drug-likeness (QED) is 0.559. The van der Waals surface area contributed by atoms with Crippen molar-refractivity contribution in [3.8, 4) is 0 Å². The second kappa shape index (κ2) is 2.72. The molecule has 1 rings (SSSR count). The van der Waals surface area contributed by atoms with E-state index in [1.165, 1.54) is 6.92 Å². The van der Waals surface area contributed by atoms with E-state index >= 15 is 0 Å². The third-order valence-electron chi connectivity index (χ3n) is 1.36. The van der Waals surface area contributed by atoms with Gasteiger partial charge in [0.05, 0.1) is 5.92 Å². The fourth-order valence-corrected chi connectivity index (χ4v) is 1.44. The molecule has 0 aromatic carbocycles. The Bertz CT molecular complexity index is 210. The van der Waals surface area contributed by atoms with Gasteiger partial charge < -0.3 is 4.74 Å². The molecular weight excluding hydrogens is 168 g/mol. The molecule has 54 valence electrons. The second-order valence-corrected chi connectivity index (χ2v) is 3.02. The number of carbonyl (C=O) groups is 1. The fourth-order valence-electron chi connectivity index (χ4n) is 0.785. The highest BCUT2D eigenvalue weighted by Gasteiger charge is 2.30. The van der Waals surface area contributed by atoms with Crippen molar-refractivity contribution in [1.29, 1.82) is 0 Å². The van der Waals surface area contributed by atoms with E-state index in [9.17, 15) is 4.79 Å². The zero-order chi connectivity index (χ0) is 7.72. The maximum atomic E-state index is 10.8. The Balaban J connectivity index is 2.72. The first-order valence-electron chi connectivity index (χ1n) is 2.86. The van der Waals surface area contributed by atoms with Gasteiger partial charge in [-0.25, -0.2) is 0 Å². The largest absolute Gasteiger partial charge is 0.442 e. The van der Waals surface area contributed by atoms with Crippen molar-refractivity contribution in [1.82, 2.24) is 0 Å². The fraction of sp³-hybridized carbons (Fsp3) is 0.500. The van der Waals surface area contributed by atoms with Crippen molar-refractivity contribution < 1.29 is 9.53 Å². The van der Waals surface area contributed by atoms with E-state index in [2.05, 4.69) is 0 Å². The highest BCUT2D eigenvalue weighted by atomic mass is 32.1. The molecule has 0 amide bonds. The van der Waals surface area contributed by atoms with Crippen LogP contribution in [0.5, 0.6) is 0 Å². The van der Waals surface area contributed by atoms with Crippen LogP contribution in [-0.4, -0.2) is 15.9 Å². The van der Waals surface area contributed by atoms with Crippen LogP contribution in [0, 0.1) is 5.92 Å². The van der Waals surface area contributed by atoms with Gasteiger partial charge >= 0.3 is 0 Å². The third kappa shape index (κ3) is 1.38. The highest BCUT2D eigenvalue weighted by molar-refractivity contribution is 7.81. The Labute approximate surface area is 69.6 Å². The molecule has 0 radical (unpaired) electrons. The SMILES string of the molecule is CC(=O)C1CC(=S)OC1=S. The Morgan fingerprint density at radius 1 is 1.70 bits per heavy atom. The van der Waals surface area contributed by atoms with Gasteiger partial charge in [-0.3, -0.25) is 4.79 Å². The number of thiocarbonyl (C=S) groups is 2. The van der Waals surface area contributed by atoms with Crippen molar-refractivity contribution in [2.24, 2.45) is 5.92 Å². The summed E-state index contributed by atoms with van der Waals surface area (Å²) in [5.74, 6) is -0.229. The lowest BCUT2D eigenvalue weighted by molar-refractivity contribution is -0.118. The number of hydrogen-bond donors (Lipinski definition) is 0. The summed E-state index contributed by atoms with van der Waals surface area (Å²) in [6.07, 6.45) is 0.490. The Morgan fingerprint density at radius 3 is 2.50 bits per heavy atom. The van der Waals surface area contributed by atoms with Crippen LogP contribution in [0.4, 0.5) is 0 Å². The first kappa shape index (κ1) is 7.75. The Hall–Kier alpha value is -0.350. The molecule has 1 aliphatic rings. The van der Waals surface area contributed by atoms with Gasteiger partial charge in [0.15, 0.2) is 10.1 Å². The van der Waals surface area contributed by atoms with Gasteiger partial charge in [-0.15, -0.1) is 0 Å². The average Bonchev–Trinajstić information content (AvgIpc) is 2.10. The lowest BCUT2D eigenvalue weighted by Gasteiger charge is -1.97. The van der Waals surface area contributed by atoms with Crippen LogP contribution >= 0.6 is 24.4 Å². The molecule has 1 saturated heterocycles. The molecule has 0 bridgehead atoms. The van der Waals surface area contributed by atoms with Crippen LogP contribution in [0.3, 0.4) is 0 Å². The van der Waals surface area contributed by atoms with E-state index in [0.717, 1.165) is 0 Å². The highest BCUT2D eigenvalue weighted by Crippen LogP contribution is 2.19. The zero-order valence-electron chi connectivity index (χ0n) is 5.42. The van der Waals surface area contributed by atoms with Crippen molar-refractivity contribution in [2.75, 3.05) is 0 Å². The number of ketones is 1. The van der Waals surface area contributed by atoms with Crippen molar-refractivity contribution >= 4 is 40.3 Å². The molecule has 1 aliphatic heterocycles. The molecule has 0 aliphatic carbocycles. The molecule has 0 spiro atoms. The summed E-state index contributed by atoms with van der Waals surface area (Å²) >= 11 is 9.49. The third-order valence-corrected chi connectivity index (χ3v) is 1.98. The molecule has 10 heavy (non-hydrogen) atoms. The normalized spacial score (nSPS) is 24.7. The van der Waals surface area contributed by atoms with Gasteiger partial charge in [0.25, 0.3) is 0 Å². The first-order chi connectivity index (χ1) is 4.61. The average molecular weight is 174 g/mol. The summed E-state index contributed by atoms with van der Waals surface area (Å²) in [5, 5.41) is 0.766. The van der Waals surface area contributed by atoms with Crippen LogP contribution in [0.1, 0.15) is 13.3 Å². The molecule has 1 fully saturated rings. The summed E-state index contributed by atoms with van der Waals surface area (Å²) in [4.78, 5) is 10.8. The van der Waals surface area contributed by atoms with Crippen molar-refractivity contribution in [3.05, 3.63) is 0 Å². The van der Waals surface area contributed by atoms with E-state index in [-0.39, 0.29) is 11.7 Å². The van der Waals surface area contributed by atoms with Gasteiger partial charge in [-0.1, -0.05) is 0 Å². The molecule has 1 unspecified atom stereocenters. The van der Waals surface area contributed by atoms with E-state index in [1.54, 1.807) is 0 Å². The van der Waals surface area contributed by atoms with E-state index in [4.69, 9.17) is 29.2 Å². The van der Waals surface area contributed by atoms with Gasteiger partial charge in [-0.2, -0.15) is 0 Å². The number of Topliss-reactive ketones (excluding diaryl/α,β-unsaturated/α-hetero) is 1. The van der Waals surface area contributed by atoms with E-state index in [0.29, 0.717) is 16.5 Å². The van der Waals surface area contributed by atoms with Crippen LogP contribution in [0.25, 0.3) is 0 Å². The molecule has 0 saturated carbocycles. The monoisotopic (exact) mass is 174 g/mol. The predicted octanol–water partition coefficient (Wildman–Crippen LogP) is 1.27. The second-order valence-electron chi connectivity index (χ2n) is 2.16. The molecule has 4 heteroatoms. The lowest BCUT2D eigenvalue weighted by atomic mass is 10.1. The van der Waals surface area contributed by atoms with Crippen LogP contribution in [0.15, 0.2) is 0 Å². The van der Waals surface area contributed by atoms with Gasteiger partial charge in [0.1, 0.15) is 5.78 Å². The van der Waals surface area contributed by atoms with Gasteiger partial charge in [0, 0.05) is 6.42 Å². The summed E-state index contributed by atoms with van der Waals surface area (Å²) in [6.45, 7) is 1.49. The summed E-state index contributed by atoms with van der Waals surface area (Å²) in [6, 6.07) is 0. The molecule has 2 nitrogen and oxygen atoms in total. The van der Waals surface area contributed by atoms with Crippen LogP contribution < -0.4 is 0 Å². The smallest absolute Gasteiger partial charge is 0.179 e. The number of hydrogen-bond acceptors (Lipinski definition) is 4. The van der Waals surface area contributed by atoms with E-state index in [1.807, 2.05) is 0 Å². The van der Waals surface area contributed by atoms with Gasteiger partial charge in [-0.05, 0) is 31.4 Å². The summed E-state index contributed by atoms with van der Waals surface area (Å²) in [5.41, 5.74) is 0. The van der Waals surface area contributed by atoms with E-state index < -0.39 is 0 Å². The van der Waals surface area contributed by atoms with Crippen molar-refractivity contribution in [3.63, 3.8) is 0 Å². The molecule has 0 aromatic rings. The Kier molecular flexibility index (Phi) is 2.11. The minimum atomic E-state index is -0.262. The number of rotatable bonds is 1. The van der Waals surface area contributed by atoms with Gasteiger partial charge in [0.2, 0.25) is 0 Å². The predicted molar refractivity (Wildman–Crippen MR) is 45.1 cm³/mol. The molecule has 0 N–H and O–H groups in total. The summed E-state index contributed by atoms with van der Waals surface area (Å²) < 4.78 is 4.88. The summed E-state index contributed by atoms with van der Waals surface area (Å²) in [7, 11) is 0. The number of carbonyl (C=O) groups excluding carboxylic acids is 1. The van der Waals surface area contributed by atoms with Crippen molar-refractivity contribution in [2.45, 2.75) is 13.3 Å². The maximum Gasteiger partial charge on any atom is 0.179 e. The minimum Gasteiger partial charge on any atom is -0.442 e. The van der Waals surface area contributed by atoms with Crippen LogP contribution in [-0.2, 0) is 9.53 Å². The molecular formula is C6H6O2S2. The van der Waals surface area contributed by atoms with Crippen LogP contribution in [0.2, 0.25) is 0 Å².